The minimum Gasteiger partial charge on any atom is -0.394 e. The second-order valence-electron chi connectivity index (χ2n) is 4.95. The van der Waals surface area contributed by atoms with Gasteiger partial charge in [-0.15, -0.1) is 0 Å². The van der Waals surface area contributed by atoms with Crippen LogP contribution >= 0.6 is 0 Å². The first-order valence-corrected chi connectivity index (χ1v) is 6.99. The first-order chi connectivity index (χ1) is 9.72. The van der Waals surface area contributed by atoms with Crippen molar-refractivity contribution < 1.29 is 9.84 Å². The van der Waals surface area contributed by atoms with E-state index < -0.39 is 0 Å². The number of aromatic nitrogens is 3. The van der Waals surface area contributed by atoms with Gasteiger partial charge in [-0.25, -0.2) is 9.50 Å². The molecule has 2 heterocycles. The van der Waals surface area contributed by atoms with Crippen molar-refractivity contribution in [1.29, 1.82) is 0 Å². The zero-order valence-electron chi connectivity index (χ0n) is 12.0. The molecule has 0 atom stereocenters. The van der Waals surface area contributed by atoms with Crippen molar-refractivity contribution in [3.63, 3.8) is 0 Å². The van der Waals surface area contributed by atoms with E-state index in [0.717, 1.165) is 30.0 Å². The molecule has 0 aromatic carbocycles. The van der Waals surface area contributed by atoms with Crippen LogP contribution in [0, 0.1) is 0 Å². The van der Waals surface area contributed by atoms with Crippen molar-refractivity contribution >= 4 is 11.3 Å². The molecular formula is C14H22N4O2. The van der Waals surface area contributed by atoms with Crippen molar-refractivity contribution in [3.05, 3.63) is 24.2 Å². The Kier molecular flexibility index (Phi) is 5.31. The van der Waals surface area contributed by atoms with Gasteiger partial charge in [0.25, 0.3) is 0 Å². The summed E-state index contributed by atoms with van der Waals surface area (Å²) in [6, 6.07) is 2.07. The highest BCUT2D eigenvalue weighted by atomic mass is 16.5. The number of hydrogen-bond acceptors (Lipinski definition) is 5. The minimum absolute atomic E-state index is 0.0715. The summed E-state index contributed by atoms with van der Waals surface area (Å²) in [4.78, 5) is 4.36. The number of nitrogens with zero attached hydrogens (tertiary/aromatic N) is 3. The number of nitrogens with one attached hydrogen (secondary N) is 1. The molecule has 0 radical (unpaired) electrons. The smallest absolute Gasteiger partial charge is 0.152 e. The van der Waals surface area contributed by atoms with Crippen molar-refractivity contribution in [2.45, 2.75) is 26.2 Å². The highest BCUT2D eigenvalue weighted by Gasteiger charge is 2.09. The quantitative estimate of drug-likeness (QED) is 0.719. The Bertz CT molecular complexity index is 539. The zero-order chi connectivity index (χ0) is 14.4. The fourth-order valence-electron chi connectivity index (χ4n) is 1.91. The molecule has 0 amide bonds. The second kappa shape index (κ2) is 7.21. The number of aliphatic hydroxyl groups is 1. The first kappa shape index (κ1) is 14.7. The number of hydrogen-bond donors (Lipinski definition) is 2. The molecule has 2 N–H and O–H groups in total. The van der Waals surface area contributed by atoms with Crippen LogP contribution in [-0.4, -0.2) is 46.1 Å². The molecule has 110 valence electrons. The maximum absolute atomic E-state index is 8.61. The lowest BCUT2D eigenvalue weighted by molar-refractivity contribution is 0.0922. The average Bonchev–Trinajstić information content (AvgIpc) is 2.87. The minimum atomic E-state index is 0.0715. The van der Waals surface area contributed by atoms with Crippen LogP contribution in [0.1, 0.15) is 31.9 Å². The van der Waals surface area contributed by atoms with Gasteiger partial charge < -0.3 is 15.2 Å². The molecule has 2 aromatic rings. The number of fused-ring (bicyclic) bond motifs is 1. The summed E-state index contributed by atoms with van der Waals surface area (Å²) in [5.74, 6) is 1.24. The van der Waals surface area contributed by atoms with Crippen LogP contribution < -0.4 is 5.32 Å². The van der Waals surface area contributed by atoms with Crippen LogP contribution in [0.3, 0.4) is 0 Å². The van der Waals surface area contributed by atoms with Crippen LogP contribution in [0.5, 0.6) is 0 Å². The Morgan fingerprint density at radius 3 is 3.00 bits per heavy atom. The molecule has 0 aliphatic rings. The molecule has 20 heavy (non-hydrogen) atoms. The van der Waals surface area contributed by atoms with Gasteiger partial charge in [-0.1, -0.05) is 13.8 Å². The van der Waals surface area contributed by atoms with Crippen LogP contribution in [0.2, 0.25) is 0 Å². The highest BCUT2D eigenvalue weighted by molar-refractivity contribution is 5.67. The molecule has 2 rings (SSSR count). The maximum Gasteiger partial charge on any atom is 0.152 e. The van der Waals surface area contributed by atoms with E-state index in [-0.39, 0.29) is 6.61 Å². The topological polar surface area (TPSA) is 71.7 Å². The number of anilines is 1. The summed E-state index contributed by atoms with van der Waals surface area (Å²) in [6.45, 7) is 6.13. The van der Waals surface area contributed by atoms with Gasteiger partial charge in [0, 0.05) is 25.5 Å². The van der Waals surface area contributed by atoms with Gasteiger partial charge >= 0.3 is 0 Å². The lowest BCUT2D eigenvalue weighted by Crippen LogP contribution is -2.09. The fraction of sp³-hybridized carbons (Fsp3) is 0.571. The Hall–Kier alpha value is -1.66. The SMILES string of the molecule is CC(C)c1cc2c(NCCCOCCO)nccn2n1. The first-order valence-electron chi connectivity index (χ1n) is 6.99. The number of rotatable bonds is 8. The van der Waals surface area contributed by atoms with E-state index in [9.17, 15) is 0 Å². The van der Waals surface area contributed by atoms with E-state index in [2.05, 4.69) is 35.3 Å². The number of ether oxygens (including phenoxy) is 1. The fourth-order valence-corrected chi connectivity index (χ4v) is 1.91. The monoisotopic (exact) mass is 278 g/mol. The summed E-state index contributed by atoms with van der Waals surface area (Å²) in [7, 11) is 0. The third-order valence-corrected chi connectivity index (χ3v) is 2.99. The lowest BCUT2D eigenvalue weighted by Gasteiger charge is -2.06. The molecule has 6 heteroatoms. The Morgan fingerprint density at radius 1 is 1.40 bits per heavy atom. The lowest BCUT2D eigenvalue weighted by atomic mass is 10.1. The van der Waals surface area contributed by atoms with Gasteiger partial charge in [0.1, 0.15) is 5.52 Å². The van der Waals surface area contributed by atoms with E-state index in [4.69, 9.17) is 9.84 Å². The molecule has 0 unspecified atom stereocenters. The molecule has 0 bridgehead atoms. The molecule has 0 aliphatic carbocycles. The maximum atomic E-state index is 8.61. The van der Waals surface area contributed by atoms with E-state index >= 15 is 0 Å². The van der Waals surface area contributed by atoms with E-state index in [1.807, 2.05) is 10.7 Å². The molecule has 2 aromatic heterocycles. The zero-order valence-corrected chi connectivity index (χ0v) is 12.0. The van der Waals surface area contributed by atoms with Gasteiger partial charge in [-0.05, 0) is 18.4 Å². The van der Waals surface area contributed by atoms with Gasteiger partial charge in [-0.2, -0.15) is 5.10 Å². The van der Waals surface area contributed by atoms with Crippen LogP contribution in [-0.2, 0) is 4.74 Å². The summed E-state index contributed by atoms with van der Waals surface area (Å²) in [6.07, 6.45) is 4.47. The molecule has 0 spiro atoms. The van der Waals surface area contributed by atoms with Gasteiger partial charge in [-0.3, -0.25) is 0 Å². The standard InChI is InChI=1S/C14H22N4O2/c1-11(2)12-10-13-14(16-5-6-18(13)17-12)15-4-3-8-20-9-7-19/h5-6,10-11,19H,3-4,7-9H2,1-2H3,(H,15,16). The Labute approximate surface area is 118 Å². The summed E-state index contributed by atoms with van der Waals surface area (Å²) < 4.78 is 7.07. The molecule has 0 aliphatic heterocycles. The van der Waals surface area contributed by atoms with Gasteiger partial charge in [0.2, 0.25) is 0 Å². The van der Waals surface area contributed by atoms with E-state index in [0.29, 0.717) is 19.1 Å². The Balaban J connectivity index is 1.95. The summed E-state index contributed by atoms with van der Waals surface area (Å²) >= 11 is 0. The van der Waals surface area contributed by atoms with Crippen LogP contribution in [0.25, 0.3) is 5.52 Å². The van der Waals surface area contributed by atoms with Crippen molar-refractivity contribution in [2.24, 2.45) is 0 Å². The van der Waals surface area contributed by atoms with Crippen LogP contribution in [0.15, 0.2) is 18.5 Å². The molecule has 0 fully saturated rings. The van der Waals surface area contributed by atoms with Gasteiger partial charge in [0.15, 0.2) is 5.82 Å². The van der Waals surface area contributed by atoms with Crippen molar-refractivity contribution in [3.8, 4) is 0 Å². The number of aliphatic hydroxyl groups excluding tert-OH is 1. The van der Waals surface area contributed by atoms with E-state index in [1.54, 1.807) is 6.20 Å². The Morgan fingerprint density at radius 2 is 2.25 bits per heavy atom. The predicted octanol–water partition coefficient (Wildman–Crippen LogP) is 1.66. The third kappa shape index (κ3) is 3.68. The summed E-state index contributed by atoms with van der Waals surface area (Å²) in [5.41, 5.74) is 2.06. The normalized spacial score (nSPS) is 11.4. The largest absolute Gasteiger partial charge is 0.394 e. The predicted molar refractivity (Wildman–Crippen MR) is 78.1 cm³/mol. The summed E-state index contributed by atoms with van der Waals surface area (Å²) in [5, 5.41) is 16.4. The van der Waals surface area contributed by atoms with Gasteiger partial charge in [0.05, 0.1) is 18.9 Å². The highest BCUT2D eigenvalue weighted by Crippen LogP contribution is 2.19. The van der Waals surface area contributed by atoms with Crippen LogP contribution in [0.4, 0.5) is 5.82 Å². The molecule has 6 nitrogen and oxygen atoms in total. The van der Waals surface area contributed by atoms with Crippen molar-refractivity contribution in [1.82, 2.24) is 14.6 Å². The average molecular weight is 278 g/mol. The van der Waals surface area contributed by atoms with Crippen molar-refractivity contribution in [2.75, 3.05) is 31.7 Å². The molecular weight excluding hydrogens is 256 g/mol. The molecule has 0 saturated carbocycles. The van der Waals surface area contributed by atoms with E-state index in [1.165, 1.54) is 0 Å². The molecule has 0 saturated heterocycles. The second-order valence-corrected chi connectivity index (χ2v) is 4.95. The third-order valence-electron chi connectivity index (χ3n) is 2.99.